The number of aromatic amines is 1. The molecule has 0 bridgehead atoms. The molecule has 1 aliphatic carbocycles. The summed E-state index contributed by atoms with van der Waals surface area (Å²) < 4.78 is 0. The number of carbonyl (C=O) groups is 1. The molecule has 2 aromatic heterocycles. The SMILES string of the molecule is CO/N=C1/CCc2cc(-c3nc(C(=O)O)[nH]c3-c3ccncc3)ccc21. The standard InChI is InChI=1S/C19H16N4O3/c1-26-23-15-5-3-12-10-13(2-4-14(12)15)17-16(11-6-8-20-9-7-11)21-18(22-17)19(24)25/h2,4,6-10H,3,5H2,1H3,(H,21,22)(H,24,25)/b23-15-. The number of fused-ring (bicyclic) bond motifs is 1. The van der Waals surface area contributed by atoms with Gasteiger partial charge in [-0.25, -0.2) is 9.78 Å². The molecule has 2 heterocycles. The number of aryl methyl sites for hydroxylation is 1. The maximum atomic E-state index is 11.4. The number of H-pyrrole nitrogens is 1. The summed E-state index contributed by atoms with van der Waals surface area (Å²) in [5, 5.41) is 13.4. The molecule has 0 aliphatic heterocycles. The third-order valence-electron chi connectivity index (χ3n) is 4.40. The van der Waals surface area contributed by atoms with Crippen molar-refractivity contribution >= 4 is 11.7 Å². The summed E-state index contributed by atoms with van der Waals surface area (Å²) in [6, 6.07) is 9.60. The predicted octanol–water partition coefficient (Wildman–Crippen LogP) is 3.13. The molecule has 0 saturated heterocycles. The van der Waals surface area contributed by atoms with Gasteiger partial charge in [-0.3, -0.25) is 4.98 Å². The van der Waals surface area contributed by atoms with Crippen LogP contribution in [0.1, 0.15) is 28.2 Å². The molecule has 130 valence electrons. The number of aromatic nitrogens is 3. The smallest absolute Gasteiger partial charge is 0.371 e. The summed E-state index contributed by atoms with van der Waals surface area (Å²) in [5.41, 5.74) is 6.10. The van der Waals surface area contributed by atoms with Crippen molar-refractivity contribution in [3.8, 4) is 22.5 Å². The van der Waals surface area contributed by atoms with E-state index in [0.717, 1.165) is 40.8 Å². The van der Waals surface area contributed by atoms with Crippen molar-refractivity contribution in [3.05, 3.63) is 59.7 Å². The van der Waals surface area contributed by atoms with Gasteiger partial charge in [0.15, 0.2) is 0 Å². The van der Waals surface area contributed by atoms with Crippen molar-refractivity contribution < 1.29 is 14.7 Å². The molecule has 7 heteroatoms. The quantitative estimate of drug-likeness (QED) is 0.706. The van der Waals surface area contributed by atoms with Gasteiger partial charge in [0.05, 0.1) is 17.1 Å². The van der Waals surface area contributed by atoms with E-state index in [1.54, 1.807) is 12.4 Å². The molecular formula is C19H16N4O3. The molecule has 1 aromatic carbocycles. The Kier molecular flexibility index (Phi) is 3.96. The normalized spacial score (nSPS) is 14.4. The Morgan fingerprint density at radius 1 is 1.19 bits per heavy atom. The van der Waals surface area contributed by atoms with Gasteiger partial charge in [-0.15, -0.1) is 0 Å². The van der Waals surface area contributed by atoms with Crippen LogP contribution in [0.5, 0.6) is 0 Å². The van der Waals surface area contributed by atoms with Gasteiger partial charge in [0, 0.05) is 29.1 Å². The van der Waals surface area contributed by atoms with Gasteiger partial charge >= 0.3 is 5.97 Å². The van der Waals surface area contributed by atoms with Crippen LogP contribution in [-0.2, 0) is 11.3 Å². The molecule has 4 rings (SSSR count). The number of oxime groups is 1. The molecule has 1 aliphatic rings. The van der Waals surface area contributed by atoms with Crippen molar-refractivity contribution in [3.63, 3.8) is 0 Å². The van der Waals surface area contributed by atoms with E-state index in [1.807, 2.05) is 30.3 Å². The van der Waals surface area contributed by atoms with Gasteiger partial charge in [-0.2, -0.15) is 0 Å². The number of hydrogen-bond acceptors (Lipinski definition) is 5. The molecular weight excluding hydrogens is 332 g/mol. The van der Waals surface area contributed by atoms with E-state index in [1.165, 1.54) is 7.11 Å². The topological polar surface area (TPSA) is 100 Å². The van der Waals surface area contributed by atoms with Crippen LogP contribution in [0.25, 0.3) is 22.5 Å². The van der Waals surface area contributed by atoms with E-state index < -0.39 is 5.97 Å². The number of hydrogen-bond donors (Lipinski definition) is 2. The zero-order valence-corrected chi connectivity index (χ0v) is 14.1. The summed E-state index contributed by atoms with van der Waals surface area (Å²) in [5.74, 6) is -1.18. The second kappa shape index (κ2) is 6.44. The van der Waals surface area contributed by atoms with Crippen molar-refractivity contribution in [1.82, 2.24) is 15.0 Å². The van der Waals surface area contributed by atoms with Crippen LogP contribution in [0.4, 0.5) is 0 Å². The van der Waals surface area contributed by atoms with E-state index in [9.17, 15) is 9.90 Å². The van der Waals surface area contributed by atoms with Crippen LogP contribution in [-0.4, -0.2) is 38.8 Å². The molecule has 0 unspecified atom stereocenters. The average molecular weight is 348 g/mol. The van der Waals surface area contributed by atoms with Crippen molar-refractivity contribution in [1.29, 1.82) is 0 Å². The van der Waals surface area contributed by atoms with Crippen LogP contribution >= 0.6 is 0 Å². The van der Waals surface area contributed by atoms with E-state index in [2.05, 4.69) is 20.1 Å². The third-order valence-corrected chi connectivity index (χ3v) is 4.40. The molecule has 0 radical (unpaired) electrons. The summed E-state index contributed by atoms with van der Waals surface area (Å²) in [4.78, 5) is 27.5. The molecule has 0 atom stereocenters. The van der Waals surface area contributed by atoms with Gasteiger partial charge < -0.3 is 14.9 Å². The highest BCUT2D eigenvalue weighted by molar-refractivity contribution is 6.04. The number of carboxylic acid groups (broad SMARTS) is 1. The first-order valence-corrected chi connectivity index (χ1v) is 8.14. The predicted molar refractivity (Wildman–Crippen MR) is 96.1 cm³/mol. The number of nitrogens with zero attached hydrogens (tertiary/aromatic N) is 3. The second-order valence-electron chi connectivity index (χ2n) is 5.94. The van der Waals surface area contributed by atoms with E-state index >= 15 is 0 Å². The fourth-order valence-corrected chi connectivity index (χ4v) is 3.23. The molecule has 0 spiro atoms. The maximum Gasteiger partial charge on any atom is 0.371 e. The lowest BCUT2D eigenvalue weighted by Crippen LogP contribution is -1.98. The molecule has 26 heavy (non-hydrogen) atoms. The van der Waals surface area contributed by atoms with Crippen LogP contribution in [0.3, 0.4) is 0 Å². The number of imidazole rings is 1. The van der Waals surface area contributed by atoms with Gasteiger partial charge in [0.25, 0.3) is 0 Å². The number of aromatic carboxylic acids is 1. The minimum atomic E-state index is -1.10. The number of nitrogens with one attached hydrogen (secondary N) is 1. The van der Waals surface area contributed by atoms with Crippen LogP contribution in [0.2, 0.25) is 0 Å². The summed E-state index contributed by atoms with van der Waals surface area (Å²) >= 11 is 0. The Morgan fingerprint density at radius 2 is 2.00 bits per heavy atom. The van der Waals surface area contributed by atoms with Crippen molar-refractivity contribution in [2.45, 2.75) is 12.8 Å². The number of pyridine rings is 1. The highest BCUT2D eigenvalue weighted by Gasteiger charge is 2.22. The first-order valence-electron chi connectivity index (χ1n) is 8.14. The highest BCUT2D eigenvalue weighted by atomic mass is 16.6. The largest absolute Gasteiger partial charge is 0.475 e. The van der Waals surface area contributed by atoms with Crippen LogP contribution in [0, 0.1) is 0 Å². The highest BCUT2D eigenvalue weighted by Crippen LogP contribution is 2.33. The molecule has 7 nitrogen and oxygen atoms in total. The lowest BCUT2D eigenvalue weighted by atomic mass is 10.0. The first-order chi connectivity index (χ1) is 12.7. The van der Waals surface area contributed by atoms with Gasteiger partial charge in [-0.05, 0) is 36.6 Å². The fourth-order valence-electron chi connectivity index (χ4n) is 3.23. The molecule has 0 amide bonds. The number of benzene rings is 1. The molecule has 0 fully saturated rings. The second-order valence-corrected chi connectivity index (χ2v) is 5.94. The lowest BCUT2D eigenvalue weighted by Gasteiger charge is -2.06. The van der Waals surface area contributed by atoms with Gasteiger partial charge in [-0.1, -0.05) is 17.3 Å². The van der Waals surface area contributed by atoms with E-state index in [0.29, 0.717) is 11.4 Å². The fraction of sp³-hybridized carbons (Fsp3) is 0.158. The number of carboxylic acids is 1. The Morgan fingerprint density at radius 3 is 2.73 bits per heavy atom. The maximum absolute atomic E-state index is 11.4. The third kappa shape index (κ3) is 2.73. The summed E-state index contributed by atoms with van der Waals surface area (Å²) in [6.07, 6.45) is 5.02. The Bertz CT molecular complexity index is 1010. The summed E-state index contributed by atoms with van der Waals surface area (Å²) in [7, 11) is 1.54. The Labute approximate surface area is 149 Å². The minimum absolute atomic E-state index is 0.0889. The average Bonchev–Trinajstić information content (AvgIpc) is 3.27. The van der Waals surface area contributed by atoms with Gasteiger partial charge in [0.2, 0.25) is 5.82 Å². The molecule has 0 saturated carbocycles. The molecule has 3 aromatic rings. The zero-order valence-electron chi connectivity index (χ0n) is 14.1. The minimum Gasteiger partial charge on any atom is -0.475 e. The van der Waals surface area contributed by atoms with Crippen LogP contribution in [0.15, 0.2) is 47.9 Å². The molecule has 2 N–H and O–H groups in total. The Hall–Kier alpha value is -3.48. The summed E-state index contributed by atoms with van der Waals surface area (Å²) in [6.45, 7) is 0. The van der Waals surface area contributed by atoms with Crippen molar-refractivity contribution in [2.75, 3.05) is 7.11 Å². The van der Waals surface area contributed by atoms with Crippen molar-refractivity contribution in [2.24, 2.45) is 5.16 Å². The lowest BCUT2D eigenvalue weighted by molar-refractivity contribution is 0.0685. The van der Waals surface area contributed by atoms with E-state index in [-0.39, 0.29) is 5.82 Å². The first kappa shape index (κ1) is 16.0. The number of rotatable bonds is 4. The monoisotopic (exact) mass is 348 g/mol. The van der Waals surface area contributed by atoms with Gasteiger partial charge in [0.1, 0.15) is 7.11 Å². The zero-order chi connectivity index (χ0) is 18.1. The Balaban J connectivity index is 1.84. The van der Waals surface area contributed by atoms with Crippen LogP contribution < -0.4 is 0 Å². The van der Waals surface area contributed by atoms with E-state index in [4.69, 9.17) is 4.84 Å².